The normalized spacial score (nSPS) is 10.6. The summed E-state index contributed by atoms with van der Waals surface area (Å²) in [7, 11) is -1.72. The van der Waals surface area contributed by atoms with E-state index in [0.29, 0.717) is 11.3 Å². The summed E-state index contributed by atoms with van der Waals surface area (Å²) in [5, 5.41) is 18.3. The summed E-state index contributed by atoms with van der Waals surface area (Å²) < 4.78 is 23.4. The maximum absolute atomic E-state index is 13.0. The Labute approximate surface area is 104 Å². The summed E-state index contributed by atoms with van der Waals surface area (Å²) in [6.45, 7) is 0.416. The average Bonchev–Trinajstić information content (AvgIpc) is 2.84. The van der Waals surface area contributed by atoms with Crippen LogP contribution in [0.3, 0.4) is 0 Å². The number of benzene rings is 1. The monoisotopic (exact) mass is 250 g/mol. The molecule has 0 amide bonds. The first-order valence-electron chi connectivity index (χ1n) is 5.41. The Morgan fingerprint density at radius 3 is 2.72 bits per heavy atom. The van der Waals surface area contributed by atoms with Gasteiger partial charge in [-0.1, -0.05) is 6.07 Å². The Morgan fingerprint density at radius 2 is 2.06 bits per heavy atom. The minimum atomic E-state index is -1.72. The fraction of sp³-hybridized carbons (Fsp3) is 0.167. The number of hydrogen-bond donors (Lipinski definition) is 2. The van der Waals surface area contributed by atoms with Crippen molar-refractivity contribution in [3.8, 4) is 0 Å². The molecular formula is C12H12BFO4. The van der Waals surface area contributed by atoms with Gasteiger partial charge in [0.15, 0.2) is 0 Å². The van der Waals surface area contributed by atoms with E-state index in [1.54, 1.807) is 18.4 Å². The van der Waals surface area contributed by atoms with E-state index in [4.69, 9.17) is 19.2 Å². The predicted octanol–water partition coefficient (Wildman–Crippen LogP) is 0.815. The van der Waals surface area contributed by atoms with Crippen molar-refractivity contribution in [3.05, 3.63) is 53.7 Å². The average molecular weight is 250 g/mol. The second kappa shape index (κ2) is 5.81. The first-order valence-corrected chi connectivity index (χ1v) is 5.41. The number of hydrogen-bond acceptors (Lipinski definition) is 4. The van der Waals surface area contributed by atoms with Crippen LogP contribution in [0.5, 0.6) is 0 Å². The minimum absolute atomic E-state index is 0.106. The lowest BCUT2D eigenvalue weighted by Crippen LogP contribution is -2.33. The summed E-state index contributed by atoms with van der Waals surface area (Å²) in [4.78, 5) is 0. The number of rotatable bonds is 5. The number of furan rings is 1. The van der Waals surface area contributed by atoms with Crippen LogP contribution in [-0.2, 0) is 18.0 Å². The Balaban J connectivity index is 2.00. The van der Waals surface area contributed by atoms with E-state index in [9.17, 15) is 4.39 Å². The van der Waals surface area contributed by atoms with Crippen LogP contribution in [0.2, 0.25) is 0 Å². The quantitative estimate of drug-likeness (QED) is 0.771. The SMILES string of the molecule is OB(O)c1cc(F)ccc1COCc1ccco1. The molecule has 94 valence electrons. The molecule has 0 bridgehead atoms. The third-order valence-electron chi connectivity index (χ3n) is 2.47. The Hall–Kier alpha value is -1.63. The standard InChI is InChI=1S/C12H12BFO4/c14-10-4-3-9(12(6-10)13(15)16)7-17-8-11-2-1-5-18-11/h1-6,15-16H,7-8H2. The molecule has 0 fully saturated rings. The predicted molar refractivity (Wildman–Crippen MR) is 63.4 cm³/mol. The number of ether oxygens (including phenoxy) is 1. The highest BCUT2D eigenvalue weighted by atomic mass is 19.1. The Kier molecular flexibility index (Phi) is 4.14. The van der Waals surface area contributed by atoms with Gasteiger partial charge in [-0.05, 0) is 35.3 Å². The molecule has 0 saturated carbocycles. The van der Waals surface area contributed by atoms with Crippen molar-refractivity contribution in [2.75, 3.05) is 0 Å². The fourth-order valence-electron chi connectivity index (χ4n) is 1.59. The van der Waals surface area contributed by atoms with Crippen LogP contribution in [0.25, 0.3) is 0 Å². The molecule has 0 aliphatic rings. The van der Waals surface area contributed by atoms with E-state index >= 15 is 0 Å². The van der Waals surface area contributed by atoms with Gasteiger partial charge in [-0.15, -0.1) is 0 Å². The highest BCUT2D eigenvalue weighted by Crippen LogP contribution is 2.07. The van der Waals surface area contributed by atoms with E-state index in [-0.39, 0.29) is 18.7 Å². The second-order valence-electron chi connectivity index (χ2n) is 3.79. The van der Waals surface area contributed by atoms with Crippen LogP contribution >= 0.6 is 0 Å². The number of halogens is 1. The van der Waals surface area contributed by atoms with Crippen LogP contribution < -0.4 is 5.46 Å². The van der Waals surface area contributed by atoms with Crippen molar-refractivity contribution in [1.29, 1.82) is 0 Å². The molecule has 0 spiro atoms. The maximum atomic E-state index is 13.0. The smallest absolute Gasteiger partial charge is 0.467 e. The third kappa shape index (κ3) is 3.19. The molecule has 2 aromatic rings. The molecule has 0 atom stereocenters. The van der Waals surface area contributed by atoms with Crippen molar-refractivity contribution in [3.63, 3.8) is 0 Å². The van der Waals surface area contributed by atoms with Gasteiger partial charge in [0.05, 0.1) is 12.9 Å². The zero-order valence-electron chi connectivity index (χ0n) is 9.54. The second-order valence-corrected chi connectivity index (χ2v) is 3.79. The molecular weight excluding hydrogens is 238 g/mol. The molecule has 18 heavy (non-hydrogen) atoms. The molecule has 0 unspecified atom stereocenters. The molecule has 0 aliphatic heterocycles. The molecule has 1 aromatic carbocycles. The van der Waals surface area contributed by atoms with Crippen LogP contribution in [0.4, 0.5) is 4.39 Å². The lowest BCUT2D eigenvalue weighted by molar-refractivity contribution is 0.0933. The van der Waals surface area contributed by atoms with Crippen LogP contribution in [0.1, 0.15) is 11.3 Å². The van der Waals surface area contributed by atoms with E-state index in [1.165, 1.54) is 12.1 Å². The van der Waals surface area contributed by atoms with Gasteiger partial charge in [0.2, 0.25) is 0 Å². The van der Waals surface area contributed by atoms with Gasteiger partial charge >= 0.3 is 7.12 Å². The highest BCUT2D eigenvalue weighted by molar-refractivity contribution is 6.59. The molecule has 4 nitrogen and oxygen atoms in total. The molecule has 0 saturated heterocycles. The first-order chi connectivity index (χ1) is 8.66. The topological polar surface area (TPSA) is 62.8 Å². The third-order valence-corrected chi connectivity index (χ3v) is 2.47. The van der Waals surface area contributed by atoms with Crippen molar-refractivity contribution in [1.82, 2.24) is 0 Å². The van der Waals surface area contributed by atoms with Gasteiger partial charge in [-0.25, -0.2) is 4.39 Å². The van der Waals surface area contributed by atoms with Crippen LogP contribution in [0, 0.1) is 5.82 Å². The highest BCUT2D eigenvalue weighted by Gasteiger charge is 2.16. The Morgan fingerprint density at radius 1 is 1.22 bits per heavy atom. The molecule has 0 aliphatic carbocycles. The van der Waals surface area contributed by atoms with Gasteiger partial charge < -0.3 is 19.2 Å². The molecule has 2 rings (SSSR count). The van der Waals surface area contributed by atoms with E-state index in [2.05, 4.69) is 0 Å². The first kappa shape index (κ1) is 12.8. The molecule has 2 N–H and O–H groups in total. The summed E-state index contributed by atoms with van der Waals surface area (Å²) >= 11 is 0. The van der Waals surface area contributed by atoms with Gasteiger partial charge in [-0.2, -0.15) is 0 Å². The van der Waals surface area contributed by atoms with Crippen molar-refractivity contribution >= 4 is 12.6 Å². The van der Waals surface area contributed by atoms with E-state index in [1.807, 2.05) is 0 Å². The molecule has 0 radical (unpaired) electrons. The van der Waals surface area contributed by atoms with Gasteiger partial charge in [-0.3, -0.25) is 0 Å². The zero-order valence-corrected chi connectivity index (χ0v) is 9.54. The lowest BCUT2D eigenvalue weighted by atomic mass is 9.77. The summed E-state index contributed by atoms with van der Waals surface area (Å²) in [6, 6.07) is 7.31. The Bertz CT molecular complexity index is 499. The van der Waals surface area contributed by atoms with E-state index in [0.717, 1.165) is 6.07 Å². The van der Waals surface area contributed by atoms with Crippen molar-refractivity contribution in [2.45, 2.75) is 13.2 Å². The lowest BCUT2D eigenvalue weighted by Gasteiger charge is -2.09. The van der Waals surface area contributed by atoms with Gasteiger partial charge in [0, 0.05) is 0 Å². The van der Waals surface area contributed by atoms with Crippen LogP contribution in [-0.4, -0.2) is 17.2 Å². The minimum Gasteiger partial charge on any atom is -0.467 e. The van der Waals surface area contributed by atoms with E-state index < -0.39 is 12.9 Å². The van der Waals surface area contributed by atoms with Gasteiger partial charge in [0.1, 0.15) is 18.2 Å². The zero-order chi connectivity index (χ0) is 13.0. The molecule has 1 heterocycles. The van der Waals surface area contributed by atoms with Crippen molar-refractivity contribution in [2.24, 2.45) is 0 Å². The summed E-state index contributed by atoms with van der Waals surface area (Å²) in [5.74, 6) is 0.149. The molecule has 1 aromatic heterocycles. The molecule has 6 heteroatoms. The van der Waals surface area contributed by atoms with Gasteiger partial charge in [0.25, 0.3) is 0 Å². The van der Waals surface area contributed by atoms with Crippen LogP contribution in [0.15, 0.2) is 41.0 Å². The largest absolute Gasteiger partial charge is 0.488 e. The fourth-order valence-corrected chi connectivity index (χ4v) is 1.59. The maximum Gasteiger partial charge on any atom is 0.488 e. The summed E-state index contributed by atoms with van der Waals surface area (Å²) in [5.41, 5.74) is 0.632. The van der Waals surface area contributed by atoms with Crippen molar-refractivity contribution < 1.29 is 23.6 Å². The summed E-state index contributed by atoms with van der Waals surface area (Å²) in [6.07, 6.45) is 1.54.